The predicted octanol–water partition coefficient (Wildman–Crippen LogP) is 3.66. The number of nitrogens with one attached hydrogen (secondary N) is 4. The van der Waals surface area contributed by atoms with Crippen LogP contribution in [0, 0.1) is 5.41 Å². The summed E-state index contributed by atoms with van der Waals surface area (Å²) >= 11 is 1.38. The van der Waals surface area contributed by atoms with E-state index in [2.05, 4.69) is 27.5 Å². The third kappa shape index (κ3) is 3.77. The topological polar surface area (TPSA) is 107 Å². The van der Waals surface area contributed by atoms with Gasteiger partial charge in [-0.05, 0) is 25.0 Å². The van der Waals surface area contributed by atoms with Gasteiger partial charge in [0, 0.05) is 17.5 Å². The molecule has 0 fully saturated rings. The van der Waals surface area contributed by atoms with Crippen LogP contribution in [0.5, 0.6) is 0 Å². The number of aromatic nitrogens is 1. The summed E-state index contributed by atoms with van der Waals surface area (Å²) in [5, 5.41) is 17.7. The number of pyridine rings is 1. The SMILES string of the molecule is C=C/C(=C\C)C1=CN/C(=C2\C(=N)c3ncc(NC(=O)CCC)cc3NC2=O)S1. The van der Waals surface area contributed by atoms with Crippen molar-refractivity contribution in [2.24, 2.45) is 0 Å². The smallest absolute Gasteiger partial charge is 0.260 e. The second-order valence-electron chi connectivity index (χ2n) is 6.15. The van der Waals surface area contributed by atoms with Gasteiger partial charge in [-0.2, -0.15) is 0 Å². The Bertz CT molecular complexity index is 975. The second kappa shape index (κ2) is 8.26. The van der Waals surface area contributed by atoms with Gasteiger partial charge in [0.15, 0.2) is 0 Å². The second-order valence-corrected chi connectivity index (χ2v) is 7.21. The average Bonchev–Trinajstić information content (AvgIpc) is 3.12. The molecule has 8 heteroatoms. The highest BCUT2D eigenvalue weighted by Crippen LogP contribution is 2.38. The standard InChI is InChI=1S/C20H21N5O2S/c1-4-7-15(26)24-12-8-13-18(22-9-12)17(21)16(19(27)25-13)20-23-10-14(28-20)11(5-2)6-3/h5-6,8-10,21,23H,2,4,7H2,1,3H3,(H,24,26)(H,25,27)/b11-6+,20-16-,21-17?. The predicted molar refractivity (Wildman–Crippen MR) is 113 cm³/mol. The quantitative estimate of drug-likeness (QED) is 0.450. The molecule has 0 saturated heterocycles. The Kier molecular flexibility index (Phi) is 5.79. The van der Waals surface area contributed by atoms with Crippen LogP contribution in [-0.4, -0.2) is 22.5 Å². The third-order valence-corrected chi connectivity index (χ3v) is 5.30. The lowest BCUT2D eigenvalue weighted by molar-refractivity contribution is -0.116. The van der Waals surface area contributed by atoms with E-state index in [9.17, 15) is 9.59 Å². The molecule has 144 valence electrons. The largest absolute Gasteiger partial charge is 0.354 e. The van der Waals surface area contributed by atoms with Gasteiger partial charge in [0.1, 0.15) is 5.69 Å². The van der Waals surface area contributed by atoms with Gasteiger partial charge in [-0.15, -0.1) is 0 Å². The van der Waals surface area contributed by atoms with E-state index in [-0.39, 0.29) is 23.1 Å². The number of hydrogen-bond acceptors (Lipinski definition) is 6. The molecule has 3 rings (SSSR count). The normalized spacial score (nSPS) is 18.8. The summed E-state index contributed by atoms with van der Waals surface area (Å²) in [7, 11) is 0. The maximum atomic E-state index is 12.7. The molecule has 2 aliphatic rings. The Morgan fingerprint density at radius 1 is 1.46 bits per heavy atom. The molecule has 0 aliphatic carbocycles. The Morgan fingerprint density at radius 3 is 2.93 bits per heavy atom. The molecule has 3 heterocycles. The van der Waals surface area contributed by atoms with Gasteiger partial charge in [-0.3, -0.25) is 20.0 Å². The van der Waals surface area contributed by atoms with E-state index in [1.165, 1.54) is 18.0 Å². The molecule has 0 bridgehead atoms. The maximum absolute atomic E-state index is 12.7. The number of amides is 2. The average molecular weight is 395 g/mol. The van der Waals surface area contributed by atoms with E-state index in [4.69, 9.17) is 5.41 Å². The van der Waals surface area contributed by atoms with Gasteiger partial charge in [0.2, 0.25) is 5.91 Å². The van der Waals surface area contributed by atoms with Crippen molar-refractivity contribution in [3.63, 3.8) is 0 Å². The Balaban J connectivity index is 1.87. The summed E-state index contributed by atoms with van der Waals surface area (Å²) < 4.78 is 0. The molecule has 2 amide bonds. The number of allylic oxidation sites excluding steroid dienone is 3. The number of fused-ring (bicyclic) bond motifs is 1. The van der Waals surface area contributed by atoms with Crippen LogP contribution in [0.4, 0.5) is 11.4 Å². The minimum absolute atomic E-state index is 0.0375. The fraction of sp³-hybridized carbons (Fsp3) is 0.200. The van der Waals surface area contributed by atoms with E-state index in [0.29, 0.717) is 28.5 Å². The van der Waals surface area contributed by atoms with Crippen LogP contribution in [0.15, 0.2) is 58.3 Å². The van der Waals surface area contributed by atoms with Gasteiger partial charge in [-0.25, -0.2) is 0 Å². The van der Waals surface area contributed by atoms with E-state index in [0.717, 1.165) is 16.9 Å². The molecule has 1 aromatic heterocycles. The van der Waals surface area contributed by atoms with Gasteiger partial charge in [0.05, 0.1) is 33.9 Å². The molecule has 0 saturated carbocycles. The van der Waals surface area contributed by atoms with E-state index >= 15 is 0 Å². The molecule has 0 atom stereocenters. The zero-order valence-corrected chi connectivity index (χ0v) is 16.5. The van der Waals surface area contributed by atoms with Crippen LogP contribution in [0.25, 0.3) is 0 Å². The van der Waals surface area contributed by atoms with Gasteiger partial charge in [0.25, 0.3) is 5.91 Å². The maximum Gasteiger partial charge on any atom is 0.260 e. The van der Waals surface area contributed by atoms with Crippen LogP contribution < -0.4 is 16.0 Å². The van der Waals surface area contributed by atoms with Crippen LogP contribution >= 0.6 is 11.8 Å². The highest BCUT2D eigenvalue weighted by molar-refractivity contribution is 8.07. The first kappa shape index (κ1) is 19.6. The zero-order valence-electron chi connectivity index (χ0n) is 15.7. The first-order valence-corrected chi connectivity index (χ1v) is 9.68. The number of nitrogens with zero attached hydrogens (tertiary/aromatic N) is 1. The first-order valence-electron chi connectivity index (χ1n) is 8.87. The number of carbonyl (C=O) groups is 2. The Hall–Kier alpha value is -3.13. The number of rotatable bonds is 5. The van der Waals surface area contributed by atoms with Crippen LogP contribution in [0.3, 0.4) is 0 Å². The van der Waals surface area contributed by atoms with E-state index < -0.39 is 0 Å². The molecule has 4 N–H and O–H groups in total. The number of hydrogen-bond donors (Lipinski definition) is 4. The van der Waals surface area contributed by atoms with Crippen molar-refractivity contribution < 1.29 is 9.59 Å². The summed E-state index contributed by atoms with van der Waals surface area (Å²) in [6.45, 7) is 7.62. The summed E-state index contributed by atoms with van der Waals surface area (Å²) in [5.41, 5.74) is 2.48. The minimum atomic E-state index is -0.387. The van der Waals surface area contributed by atoms with Crippen LogP contribution in [0.1, 0.15) is 32.4 Å². The van der Waals surface area contributed by atoms with Gasteiger partial charge >= 0.3 is 0 Å². The first-order chi connectivity index (χ1) is 13.5. The summed E-state index contributed by atoms with van der Waals surface area (Å²) in [6.07, 6.45) is 8.11. The van der Waals surface area contributed by atoms with Crippen molar-refractivity contribution in [1.29, 1.82) is 5.41 Å². The lowest BCUT2D eigenvalue weighted by atomic mass is 10.0. The molecule has 7 nitrogen and oxygen atoms in total. The molecule has 1 aromatic rings. The Morgan fingerprint density at radius 2 is 2.25 bits per heavy atom. The highest BCUT2D eigenvalue weighted by atomic mass is 32.2. The summed E-state index contributed by atoms with van der Waals surface area (Å²) in [5.74, 6) is -0.502. The summed E-state index contributed by atoms with van der Waals surface area (Å²) in [4.78, 5) is 29.6. The van der Waals surface area contributed by atoms with Crippen molar-refractivity contribution in [3.8, 4) is 0 Å². The van der Waals surface area contributed by atoms with Crippen molar-refractivity contribution in [2.45, 2.75) is 26.7 Å². The molecular weight excluding hydrogens is 374 g/mol. The molecule has 0 aromatic carbocycles. The van der Waals surface area contributed by atoms with Crippen LogP contribution in [-0.2, 0) is 9.59 Å². The number of anilines is 2. The highest BCUT2D eigenvalue weighted by Gasteiger charge is 2.32. The third-order valence-electron chi connectivity index (χ3n) is 4.20. The van der Waals surface area contributed by atoms with Crippen molar-refractivity contribution >= 4 is 40.7 Å². The van der Waals surface area contributed by atoms with Gasteiger partial charge < -0.3 is 16.0 Å². The van der Waals surface area contributed by atoms with Crippen molar-refractivity contribution in [2.75, 3.05) is 10.6 Å². The zero-order chi connectivity index (χ0) is 20.3. The lowest BCUT2D eigenvalue weighted by Gasteiger charge is -2.21. The number of thioether (sulfide) groups is 1. The number of carbonyl (C=O) groups excluding carboxylic acids is 2. The molecule has 0 radical (unpaired) electrons. The molecule has 0 spiro atoms. The lowest BCUT2D eigenvalue weighted by Crippen LogP contribution is -2.31. The Labute approximate surface area is 167 Å². The van der Waals surface area contributed by atoms with E-state index in [1.807, 2.05) is 19.9 Å². The van der Waals surface area contributed by atoms with Crippen molar-refractivity contribution in [3.05, 3.63) is 64.0 Å². The fourth-order valence-electron chi connectivity index (χ4n) is 2.84. The molecule has 2 aliphatic heterocycles. The van der Waals surface area contributed by atoms with E-state index in [1.54, 1.807) is 18.3 Å². The minimum Gasteiger partial charge on any atom is -0.354 e. The van der Waals surface area contributed by atoms with Crippen molar-refractivity contribution in [1.82, 2.24) is 10.3 Å². The molecule has 0 unspecified atom stereocenters. The van der Waals surface area contributed by atoms with Crippen LogP contribution in [0.2, 0.25) is 0 Å². The van der Waals surface area contributed by atoms with Gasteiger partial charge in [-0.1, -0.05) is 37.4 Å². The fourth-order valence-corrected chi connectivity index (χ4v) is 3.91. The molecule has 28 heavy (non-hydrogen) atoms. The monoisotopic (exact) mass is 395 g/mol. The molecular formula is C20H21N5O2S. The summed E-state index contributed by atoms with van der Waals surface area (Å²) in [6, 6.07) is 1.62.